The summed E-state index contributed by atoms with van der Waals surface area (Å²) in [5, 5.41) is 5.57. The van der Waals surface area contributed by atoms with E-state index < -0.39 is 5.91 Å². The average Bonchev–Trinajstić information content (AvgIpc) is 2.55. The Labute approximate surface area is 141 Å². The van der Waals surface area contributed by atoms with E-state index >= 15 is 0 Å². The van der Waals surface area contributed by atoms with E-state index in [1.54, 1.807) is 24.3 Å². The molecule has 0 saturated carbocycles. The molecule has 0 spiro atoms. The molecular weight excluding hydrogens is 306 g/mol. The summed E-state index contributed by atoms with van der Waals surface area (Å²) in [6.45, 7) is 2.71. The number of benzene rings is 2. The number of primary amides is 1. The van der Waals surface area contributed by atoms with Crippen molar-refractivity contribution in [3.63, 3.8) is 0 Å². The zero-order chi connectivity index (χ0) is 17.4. The van der Waals surface area contributed by atoms with Crippen LogP contribution in [-0.2, 0) is 11.3 Å². The number of anilines is 1. The Balaban J connectivity index is 1.79. The first-order chi connectivity index (χ1) is 11.5. The van der Waals surface area contributed by atoms with Crippen LogP contribution in [0.15, 0.2) is 48.5 Å². The second-order valence-electron chi connectivity index (χ2n) is 5.32. The Hall–Kier alpha value is -3.02. The first-order valence-electron chi connectivity index (χ1n) is 7.65. The van der Waals surface area contributed by atoms with E-state index in [-0.39, 0.29) is 19.1 Å². The van der Waals surface area contributed by atoms with Crippen LogP contribution in [0.4, 0.5) is 10.5 Å². The number of carbonyl (C=O) groups is 2. The van der Waals surface area contributed by atoms with Gasteiger partial charge in [-0.1, -0.05) is 24.3 Å². The Morgan fingerprint density at radius 1 is 1.08 bits per heavy atom. The molecule has 2 aromatic carbocycles. The molecule has 24 heavy (non-hydrogen) atoms. The lowest BCUT2D eigenvalue weighted by atomic mass is 10.1. The lowest BCUT2D eigenvalue weighted by molar-refractivity contribution is -0.118. The molecule has 0 aromatic heterocycles. The fourth-order valence-electron chi connectivity index (χ4n) is 2.06. The summed E-state index contributed by atoms with van der Waals surface area (Å²) < 4.78 is 5.37. The van der Waals surface area contributed by atoms with Crippen molar-refractivity contribution in [2.75, 3.05) is 11.9 Å². The minimum Gasteiger partial charge on any atom is -0.493 e. The molecule has 2 aromatic rings. The number of aryl methyl sites for hydroxylation is 1. The molecule has 6 nitrogen and oxygen atoms in total. The lowest BCUT2D eigenvalue weighted by Gasteiger charge is -2.10. The summed E-state index contributed by atoms with van der Waals surface area (Å²) >= 11 is 0. The minimum absolute atomic E-state index is 0.168. The monoisotopic (exact) mass is 327 g/mol. The molecule has 0 unspecified atom stereocenters. The largest absolute Gasteiger partial charge is 0.493 e. The van der Waals surface area contributed by atoms with Crippen LogP contribution < -0.4 is 21.1 Å². The number of carbonyl (C=O) groups excluding carboxylic acids is 2. The van der Waals surface area contributed by atoms with Crippen LogP contribution in [0.3, 0.4) is 0 Å². The molecule has 0 radical (unpaired) electrons. The molecular formula is C18H21N3O3. The molecule has 0 aliphatic heterocycles. The van der Waals surface area contributed by atoms with Crippen LogP contribution in [0.2, 0.25) is 0 Å². The van der Waals surface area contributed by atoms with Gasteiger partial charge in [0.1, 0.15) is 5.75 Å². The third-order valence-electron chi connectivity index (χ3n) is 3.43. The van der Waals surface area contributed by atoms with E-state index in [1.807, 2.05) is 31.2 Å². The lowest BCUT2D eigenvalue weighted by Crippen LogP contribution is -2.28. The molecule has 0 bridgehead atoms. The second-order valence-corrected chi connectivity index (χ2v) is 5.32. The molecule has 0 aliphatic rings. The van der Waals surface area contributed by atoms with Crippen molar-refractivity contribution in [2.45, 2.75) is 19.9 Å². The molecule has 0 fully saturated rings. The summed E-state index contributed by atoms with van der Waals surface area (Å²) in [5.41, 5.74) is 7.90. The van der Waals surface area contributed by atoms with E-state index in [4.69, 9.17) is 10.5 Å². The highest BCUT2D eigenvalue weighted by molar-refractivity contribution is 5.89. The smallest absolute Gasteiger partial charge is 0.319 e. The quantitative estimate of drug-likeness (QED) is 0.729. The minimum atomic E-state index is -0.404. The number of amides is 3. The maximum atomic E-state index is 11.9. The first kappa shape index (κ1) is 17.3. The van der Waals surface area contributed by atoms with Crippen molar-refractivity contribution in [3.8, 4) is 5.75 Å². The molecule has 3 amide bonds. The zero-order valence-corrected chi connectivity index (χ0v) is 13.5. The summed E-state index contributed by atoms with van der Waals surface area (Å²) in [4.78, 5) is 22.6. The van der Waals surface area contributed by atoms with E-state index in [2.05, 4.69) is 10.6 Å². The van der Waals surface area contributed by atoms with E-state index in [0.717, 1.165) is 11.1 Å². The van der Waals surface area contributed by atoms with Gasteiger partial charge in [0, 0.05) is 12.2 Å². The van der Waals surface area contributed by atoms with Gasteiger partial charge in [-0.3, -0.25) is 4.79 Å². The van der Waals surface area contributed by atoms with Crippen molar-refractivity contribution in [3.05, 3.63) is 59.7 Å². The summed E-state index contributed by atoms with van der Waals surface area (Å²) in [7, 11) is 0. The van der Waals surface area contributed by atoms with Crippen LogP contribution in [0.1, 0.15) is 17.5 Å². The predicted molar refractivity (Wildman–Crippen MR) is 92.8 cm³/mol. The zero-order valence-electron chi connectivity index (χ0n) is 13.5. The molecule has 2 rings (SSSR count). The Bertz CT molecular complexity index is 699. The van der Waals surface area contributed by atoms with Gasteiger partial charge in [-0.15, -0.1) is 0 Å². The van der Waals surface area contributed by atoms with Crippen molar-refractivity contribution in [2.24, 2.45) is 5.73 Å². The third-order valence-corrected chi connectivity index (χ3v) is 3.43. The first-order valence-corrected chi connectivity index (χ1v) is 7.65. The van der Waals surface area contributed by atoms with Crippen LogP contribution in [-0.4, -0.2) is 18.5 Å². The Morgan fingerprint density at radius 3 is 2.46 bits per heavy atom. The maximum Gasteiger partial charge on any atom is 0.319 e. The van der Waals surface area contributed by atoms with E-state index in [9.17, 15) is 9.59 Å². The highest BCUT2D eigenvalue weighted by Crippen LogP contribution is 2.16. The van der Waals surface area contributed by atoms with Crippen molar-refractivity contribution < 1.29 is 14.3 Å². The van der Waals surface area contributed by atoms with Crippen molar-refractivity contribution in [1.82, 2.24) is 5.32 Å². The van der Waals surface area contributed by atoms with Crippen molar-refractivity contribution >= 4 is 17.6 Å². The van der Waals surface area contributed by atoms with Crippen molar-refractivity contribution in [1.29, 1.82) is 0 Å². The number of hydrogen-bond acceptors (Lipinski definition) is 3. The van der Waals surface area contributed by atoms with Crippen LogP contribution >= 0.6 is 0 Å². The summed E-state index contributed by atoms with van der Waals surface area (Å²) in [5.74, 6) is 0.209. The molecule has 4 N–H and O–H groups in total. The molecule has 126 valence electrons. The van der Waals surface area contributed by atoms with Crippen LogP contribution in [0, 0.1) is 6.92 Å². The van der Waals surface area contributed by atoms with Gasteiger partial charge in [0.25, 0.3) is 0 Å². The van der Waals surface area contributed by atoms with Gasteiger partial charge < -0.3 is 21.1 Å². The fourth-order valence-corrected chi connectivity index (χ4v) is 2.06. The fraction of sp³-hybridized carbons (Fsp3) is 0.222. The molecule has 0 atom stereocenters. The Morgan fingerprint density at radius 2 is 1.79 bits per heavy atom. The van der Waals surface area contributed by atoms with Crippen LogP contribution in [0.25, 0.3) is 0 Å². The topological polar surface area (TPSA) is 93.4 Å². The van der Waals surface area contributed by atoms with Gasteiger partial charge in [0.05, 0.1) is 13.0 Å². The van der Waals surface area contributed by atoms with Gasteiger partial charge in [-0.2, -0.15) is 0 Å². The van der Waals surface area contributed by atoms with E-state index in [0.29, 0.717) is 18.0 Å². The summed E-state index contributed by atoms with van der Waals surface area (Å²) in [6.07, 6.45) is 0.168. The van der Waals surface area contributed by atoms with Gasteiger partial charge in [-0.05, 0) is 42.3 Å². The summed E-state index contributed by atoms with van der Waals surface area (Å²) in [6, 6.07) is 14.5. The highest BCUT2D eigenvalue weighted by Gasteiger charge is 2.04. The number of urea groups is 1. The molecule has 0 heterocycles. The third kappa shape index (κ3) is 5.64. The normalized spacial score (nSPS) is 10.0. The number of rotatable bonds is 7. The van der Waals surface area contributed by atoms with Crippen LogP contribution in [0.5, 0.6) is 5.75 Å². The highest BCUT2D eigenvalue weighted by atomic mass is 16.5. The van der Waals surface area contributed by atoms with Gasteiger partial charge in [0.15, 0.2) is 0 Å². The predicted octanol–water partition coefficient (Wildman–Crippen LogP) is 2.57. The average molecular weight is 327 g/mol. The van der Waals surface area contributed by atoms with Gasteiger partial charge >= 0.3 is 6.03 Å². The second kappa shape index (κ2) is 8.57. The van der Waals surface area contributed by atoms with Gasteiger partial charge in [-0.25, -0.2) is 4.79 Å². The number of hydrogen-bond donors (Lipinski definition) is 3. The van der Waals surface area contributed by atoms with E-state index in [1.165, 1.54) is 0 Å². The number of ether oxygens (including phenoxy) is 1. The molecule has 6 heteroatoms. The number of nitrogens with one attached hydrogen (secondary N) is 2. The molecule has 0 saturated heterocycles. The molecule has 0 aliphatic carbocycles. The Kier molecular flexibility index (Phi) is 6.19. The standard InChI is InChI=1S/C18H21N3O3/c1-13-4-2-3-5-14(13)12-20-18(23)21-15-6-8-16(9-7-15)24-11-10-17(19)22/h2-9H,10-12H2,1H3,(H2,19,22)(H2,20,21,23). The maximum absolute atomic E-state index is 11.9. The van der Waals surface area contributed by atoms with Gasteiger partial charge in [0.2, 0.25) is 5.91 Å². The number of nitrogens with two attached hydrogens (primary N) is 1. The SMILES string of the molecule is Cc1ccccc1CNC(=O)Nc1ccc(OCCC(N)=O)cc1.